The summed E-state index contributed by atoms with van der Waals surface area (Å²) in [6, 6.07) is 0. The Kier molecular flexibility index (Phi) is 8.33. The highest BCUT2D eigenvalue weighted by atomic mass is 16.5. The van der Waals surface area contributed by atoms with Crippen LogP contribution in [0.1, 0.15) is 80.6 Å². The summed E-state index contributed by atoms with van der Waals surface area (Å²) in [5.41, 5.74) is -0.488. The highest BCUT2D eigenvalue weighted by molar-refractivity contribution is 5.91. The molecular weight excluding hydrogens is 420 g/mol. The number of hydrogen-bond acceptors (Lipinski definition) is 5. The number of ketones is 1. The van der Waals surface area contributed by atoms with Crippen molar-refractivity contribution in [2.75, 3.05) is 6.61 Å². The van der Waals surface area contributed by atoms with Crippen LogP contribution in [-0.2, 0) is 19.1 Å². The van der Waals surface area contributed by atoms with Crippen molar-refractivity contribution in [2.45, 2.75) is 105 Å². The van der Waals surface area contributed by atoms with Gasteiger partial charge in [0.05, 0.1) is 35.7 Å². The molecule has 190 valence electrons. The third kappa shape index (κ3) is 5.04. The van der Waals surface area contributed by atoms with Gasteiger partial charge in [-0.05, 0) is 55.8 Å². The number of ether oxygens (including phenoxy) is 2. The SMILES string of the molecule is CCC(C(=O)O)[C@H]1CC[C@H](C)[C@H]([C@@H](C)[C@H](O)[C@H](C)C(=O)C2([C@H]3OC[C@H](C)C[C@@H]3C)C[C@@H]2C)O1. The van der Waals surface area contributed by atoms with Gasteiger partial charge in [0.1, 0.15) is 5.78 Å². The molecule has 0 radical (unpaired) electrons. The fraction of sp³-hybridized carbons (Fsp3) is 0.926. The summed E-state index contributed by atoms with van der Waals surface area (Å²) in [5.74, 6) is -0.703. The predicted molar refractivity (Wildman–Crippen MR) is 127 cm³/mol. The number of carboxylic acids is 1. The van der Waals surface area contributed by atoms with Crippen molar-refractivity contribution < 1.29 is 29.3 Å². The Hall–Kier alpha value is -0.980. The number of Topliss-reactive ketones (excluding diaryl/α,β-unsaturated/α-hetero) is 1. The van der Waals surface area contributed by atoms with Gasteiger partial charge in [-0.15, -0.1) is 0 Å². The van der Waals surface area contributed by atoms with E-state index in [1.165, 1.54) is 0 Å². The quantitative estimate of drug-likeness (QED) is 0.517. The molecule has 2 unspecified atom stereocenters. The minimum atomic E-state index is -0.837. The predicted octanol–water partition coefficient (Wildman–Crippen LogP) is 4.57. The van der Waals surface area contributed by atoms with Crippen LogP contribution in [0.25, 0.3) is 0 Å². The zero-order valence-corrected chi connectivity index (χ0v) is 21.6. The van der Waals surface area contributed by atoms with E-state index in [0.29, 0.717) is 24.9 Å². The van der Waals surface area contributed by atoms with Gasteiger partial charge in [0.15, 0.2) is 0 Å². The van der Waals surface area contributed by atoms with Gasteiger partial charge in [0.25, 0.3) is 0 Å². The number of carbonyl (C=O) groups excluding carboxylic acids is 1. The minimum Gasteiger partial charge on any atom is -0.481 e. The first kappa shape index (κ1) is 26.6. The second-order valence-electron chi connectivity index (χ2n) is 11.8. The smallest absolute Gasteiger partial charge is 0.309 e. The molecule has 1 saturated carbocycles. The third-order valence-electron chi connectivity index (χ3n) is 9.17. The highest BCUT2D eigenvalue weighted by Gasteiger charge is 2.65. The molecule has 3 rings (SSSR count). The van der Waals surface area contributed by atoms with Crippen molar-refractivity contribution in [3.63, 3.8) is 0 Å². The highest BCUT2D eigenvalue weighted by Crippen LogP contribution is 2.60. The molecule has 0 amide bonds. The first-order valence-electron chi connectivity index (χ1n) is 13.2. The van der Waals surface area contributed by atoms with E-state index in [4.69, 9.17) is 9.47 Å². The lowest BCUT2D eigenvalue weighted by Gasteiger charge is -2.43. The number of rotatable bonds is 9. The number of carbonyl (C=O) groups is 2. The fourth-order valence-corrected chi connectivity index (χ4v) is 7.00. The maximum absolute atomic E-state index is 13.8. The van der Waals surface area contributed by atoms with E-state index in [1.807, 2.05) is 20.8 Å². The van der Waals surface area contributed by atoms with Crippen LogP contribution in [0.3, 0.4) is 0 Å². The van der Waals surface area contributed by atoms with Crippen LogP contribution in [0.15, 0.2) is 0 Å². The van der Waals surface area contributed by atoms with E-state index in [-0.39, 0.29) is 41.8 Å². The van der Waals surface area contributed by atoms with Gasteiger partial charge in [-0.2, -0.15) is 0 Å². The summed E-state index contributed by atoms with van der Waals surface area (Å²) in [5, 5.41) is 20.9. The van der Waals surface area contributed by atoms with Crippen molar-refractivity contribution in [3.8, 4) is 0 Å². The van der Waals surface area contributed by atoms with Crippen LogP contribution in [-0.4, -0.2) is 53.0 Å². The number of carboxylic acid groups (broad SMARTS) is 1. The van der Waals surface area contributed by atoms with Crippen LogP contribution < -0.4 is 0 Å². The maximum atomic E-state index is 13.8. The van der Waals surface area contributed by atoms with Crippen LogP contribution in [0.5, 0.6) is 0 Å². The molecule has 2 heterocycles. The Morgan fingerprint density at radius 3 is 2.24 bits per heavy atom. The molecule has 12 atom stereocenters. The molecule has 33 heavy (non-hydrogen) atoms. The van der Waals surface area contributed by atoms with Crippen molar-refractivity contribution in [2.24, 2.45) is 46.8 Å². The van der Waals surface area contributed by atoms with Gasteiger partial charge in [-0.25, -0.2) is 0 Å². The number of aliphatic hydroxyl groups is 1. The molecule has 0 spiro atoms. The molecule has 2 N–H and O–H groups in total. The van der Waals surface area contributed by atoms with Crippen molar-refractivity contribution in [3.05, 3.63) is 0 Å². The monoisotopic (exact) mass is 466 g/mol. The molecule has 2 saturated heterocycles. The minimum absolute atomic E-state index is 0.0729. The lowest BCUT2D eigenvalue weighted by Crippen LogP contribution is -2.50. The molecule has 0 bridgehead atoms. The van der Waals surface area contributed by atoms with Gasteiger partial charge < -0.3 is 19.7 Å². The largest absolute Gasteiger partial charge is 0.481 e. The molecule has 1 aliphatic carbocycles. The number of aliphatic hydroxyl groups excluding tert-OH is 1. The first-order valence-corrected chi connectivity index (χ1v) is 13.2. The van der Waals surface area contributed by atoms with Gasteiger partial charge in [0, 0.05) is 18.4 Å². The Bertz CT molecular complexity index is 709. The average molecular weight is 467 g/mol. The molecule has 2 aliphatic heterocycles. The lowest BCUT2D eigenvalue weighted by atomic mass is 9.72. The fourth-order valence-electron chi connectivity index (χ4n) is 7.00. The zero-order chi connectivity index (χ0) is 24.7. The second-order valence-corrected chi connectivity index (χ2v) is 11.8. The van der Waals surface area contributed by atoms with Crippen molar-refractivity contribution in [1.82, 2.24) is 0 Å². The molecule has 3 aliphatic rings. The van der Waals surface area contributed by atoms with Gasteiger partial charge >= 0.3 is 5.97 Å². The summed E-state index contributed by atoms with van der Waals surface area (Å²) in [6.45, 7) is 15.0. The molecule has 3 fully saturated rings. The number of hydrogen-bond donors (Lipinski definition) is 2. The van der Waals surface area contributed by atoms with E-state index in [2.05, 4.69) is 27.7 Å². The van der Waals surface area contributed by atoms with E-state index >= 15 is 0 Å². The summed E-state index contributed by atoms with van der Waals surface area (Å²) < 4.78 is 12.6. The maximum Gasteiger partial charge on any atom is 0.309 e. The molecular formula is C27H46O6. The Balaban J connectivity index is 1.72. The molecule has 6 heteroatoms. The van der Waals surface area contributed by atoms with E-state index in [1.54, 1.807) is 0 Å². The standard InChI is InChI=1S/C27H46O6/c1-8-20(26(30)31)21-10-9-15(3)23(33-21)18(6)22(28)19(7)24(29)27(12-17(27)5)25-16(4)11-14(2)13-32-25/h14-23,25,28H,8-13H2,1-7H3,(H,30,31)/t14-,15+,16+,17+,18+,19+,20?,21-,22+,23-,25+,27?/m1/s1. The summed E-state index contributed by atoms with van der Waals surface area (Å²) in [4.78, 5) is 25.5. The third-order valence-corrected chi connectivity index (χ3v) is 9.17. The molecule has 6 nitrogen and oxygen atoms in total. The van der Waals surface area contributed by atoms with E-state index in [9.17, 15) is 19.8 Å². The Morgan fingerprint density at radius 2 is 1.73 bits per heavy atom. The summed E-state index contributed by atoms with van der Waals surface area (Å²) >= 11 is 0. The Labute approximate surface area is 199 Å². The molecule has 0 aromatic heterocycles. The van der Waals surface area contributed by atoms with Gasteiger partial charge in [-0.1, -0.05) is 48.5 Å². The topological polar surface area (TPSA) is 93.1 Å². The molecule has 0 aromatic rings. The van der Waals surface area contributed by atoms with Crippen LogP contribution in [0.2, 0.25) is 0 Å². The normalized spacial score (nSPS) is 42.7. The second kappa shape index (κ2) is 10.3. The van der Waals surface area contributed by atoms with Crippen LogP contribution >= 0.6 is 0 Å². The van der Waals surface area contributed by atoms with Crippen molar-refractivity contribution >= 4 is 11.8 Å². The van der Waals surface area contributed by atoms with Crippen molar-refractivity contribution in [1.29, 1.82) is 0 Å². The summed E-state index contributed by atoms with van der Waals surface area (Å²) in [6.07, 6.45) is 2.48. The lowest BCUT2D eigenvalue weighted by molar-refractivity contribution is -0.170. The van der Waals surface area contributed by atoms with Gasteiger partial charge in [0.2, 0.25) is 0 Å². The zero-order valence-electron chi connectivity index (χ0n) is 21.6. The first-order chi connectivity index (χ1) is 15.4. The number of aliphatic carboxylic acids is 1. The van der Waals surface area contributed by atoms with Gasteiger partial charge in [-0.3, -0.25) is 9.59 Å². The Morgan fingerprint density at radius 1 is 1.09 bits per heavy atom. The average Bonchev–Trinajstić information content (AvgIpc) is 3.44. The molecule has 0 aromatic carbocycles. The van der Waals surface area contributed by atoms with Crippen LogP contribution in [0, 0.1) is 46.8 Å². The van der Waals surface area contributed by atoms with E-state index in [0.717, 1.165) is 25.7 Å². The van der Waals surface area contributed by atoms with Crippen LogP contribution in [0.4, 0.5) is 0 Å². The summed E-state index contributed by atoms with van der Waals surface area (Å²) in [7, 11) is 0. The van der Waals surface area contributed by atoms with E-state index < -0.39 is 29.3 Å².